The van der Waals surface area contributed by atoms with Crippen LogP contribution >= 0.6 is 27.7 Å². The van der Waals surface area contributed by atoms with Crippen LogP contribution in [0.2, 0.25) is 0 Å². The van der Waals surface area contributed by atoms with E-state index in [9.17, 15) is 19.5 Å². The Kier molecular flexibility index (Phi) is 9.02. The standard InChI is InChI=1S/C33H38BrN3O4S/c1-5-14-35(20-23-10-8-7-9-11-23)30(39)26-27-31(40)37(16-17-38)29(33(27)19-24(34)28(26)42-33)32(41)36(15-6-2)25-18-21(3)12-13-22(25)4/h5-13,18,24,26-29,38H,1-2,14-17,19-20H2,3-4H3/t24?,26-,27+,28-,29?,33?/m1/s1. The van der Waals surface area contributed by atoms with Gasteiger partial charge in [-0.3, -0.25) is 14.4 Å². The topological polar surface area (TPSA) is 81.2 Å². The Hall–Kier alpha value is -2.88. The van der Waals surface area contributed by atoms with Gasteiger partial charge in [-0.05, 0) is 43.0 Å². The van der Waals surface area contributed by atoms with Gasteiger partial charge >= 0.3 is 0 Å². The maximum atomic E-state index is 14.7. The number of thioether (sulfide) groups is 1. The van der Waals surface area contributed by atoms with E-state index < -0.39 is 22.6 Å². The van der Waals surface area contributed by atoms with Gasteiger partial charge in [0.1, 0.15) is 6.04 Å². The van der Waals surface area contributed by atoms with Gasteiger partial charge in [-0.2, -0.15) is 0 Å². The van der Waals surface area contributed by atoms with Gasteiger partial charge in [-0.1, -0.05) is 70.5 Å². The Labute approximate surface area is 260 Å². The lowest BCUT2D eigenvalue weighted by molar-refractivity contribution is -0.144. The van der Waals surface area contributed by atoms with E-state index in [1.807, 2.05) is 62.4 Å². The number of nitrogens with zero attached hydrogens (tertiary/aromatic N) is 3. The molecule has 2 aromatic rings. The number of β-amino-alcohol motifs (C(OH)–C–C–N with tert-alkyl or cyclic N) is 1. The number of anilines is 1. The highest BCUT2D eigenvalue weighted by atomic mass is 79.9. The van der Waals surface area contributed by atoms with Gasteiger partial charge in [0.25, 0.3) is 5.91 Å². The lowest BCUT2D eigenvalue weighted by Crippen LogP contribution is -2.56. The maximum Gasteiger partial charge on any atom is 0.251 e. The van der Waals surface area contributed by atoms with E-state index >= 15 is 0 Å². The number of fused-ring (bicyclic) bond motifs is 1. The van der Waals surface area contributed by atoms with Crippen LogP contribution in [0.1, 0.15) is 23.1 Å². The van der Waals surface area contributed by atoms with Crippen molar-refractivity contribution in [3.63, 3.8) is 0 Å². The number of benzene rings is 2. The number of hydrogen-bond donors (Lipinski definition) is 1. The second kappa shape index (κ2) is 12.4. The summed E-state index contributed by atoms with van der Waals surface area (Å²) >= 11 is 5.45. The first-order valence-electron chi connectivity index (χ1n) is 14.3. The molecule has 1 spiro atoms. The number of aliphatic hydroxyl groups excluding tert-OH is 1. The fraction of sp³-hybridized carbons (Fsp3) is 0.424. The predicted octanol–water partition coefficient (Wildman–Crippen LogP) is 4.49. The third kappa shape index (κ3) is 5.13. The summed E-state index contributed by atoms with van der Waals surface area (Å²) < 4.78 is -0.799. The highest BCUT2D eigenvalue weighted by molar-refractivity contribution is 9.09. The van der Waals surface area contributed by atoms with Crippen molar-refractivity contribution in [2.24, 2.45) is 11.8 Å². The monoisotopic (exact) mass is 651 g/mol. The highest BCUT2D eigenvalue weighted by Crippen LogP contribution is 2.68. The lowest BCUT2D eigenvalue weighted by atomic mass is 9.70. The summed E-state index contributed by atoms with van der Waals surface area (Å²) in [7, 11) is 0. The minimum Gasteiger partial charge on any atom is -0.395 e. The van der Waals surface area contributed by atoms with Crippen molar-refractivity contribution in [3.8, 4) is 0 Å². The van der Waals surface area contributed by atoms with Gasteiger partial charge in [-0.25, -0.2) is 0 Å². The summed E-state index contributed by atoms with van der Waals surface area (Å²) in [4.78, 5) is 48.3. The largest absolute Gasteiger partial charge is 0.395 e. The Morgan fingerprint density at radius 2 is 1.83 bits per heavy atom. The van der Waals surface area contributed by atoms with Crippen LogP contribution in [0.25, 0.3) is 0 Å². The van der Waals surface area contributed by atoms with Crippen molar-refractivity contribution in [1.29, 1.82) is 0 Å². The number of carbonyl (C=O) groups excluding carboxylic acids is 3. The molecule has 42 heavy (non-hydrogen) atoms. The summed E-state index contributed by atoms with van der Waals surface area (Å²) in [5.41, 5.74) is 3.73. The molecule has 3 unspecified atom stereocenters. The molecule has 3 aliphatic rings. The molecule has 0 radical (unpaired) electrons. The summed E-state index contributed by atoms with van der Waals surface area (Å²) in [5.74, 6) is -1.80. The van der Waals surface area contributed by atoms with Crippen LogP contribution in [0.3, 0.4) is 0 Å². The lowest BCUT2D eigenvalue weighted by Gasteiger charge is -2.38. The summed E-state index contributed by atoms with van der Waals surface area (Å²) in [6.45, 7) is 12.5. The molecule has 0 aromatic heterocycles. The van der Waals surface area contributed by atoms with E-state index in [2.05, 4.69) is 29.1 Å². The normalized spacial score (nSPS) is 27.6. The molecule has 7 nitrogen and oxygen atoms in total. The average molecular weight is 653 g/mol. The number of hydrogen-bond acceptors (Lipinski definition) is 5. The molecule has 9 heteroatoms. The minimum atomic E-state index is -0.822. The van der Waals surface area contributed by atoms with Crippen LogP contribution in [0, 0.1) is 25.7 Å². The van der Waals surface area contributed by atoms with Crippen molar-refractivity contribution >= 4 is 51.1 Å². The van der Waals surface area contributed by atoms with E-state index in [1.165, 1.54) is 4.90 Å². The molecule has 2 bridgehead atoms. The van der Waals surface area contributed by atoms with Crippen LogP contribution in [0.15, 0.2) is 73.8 Å². The van der Waals surface area contributed by atoms with Crippen LogP contribution in [-0.2, 0) is 20.9 Å². The molecule has 6 atom stereocenters. The smallest absolute Gasteiger partial charge is 0.251 e. The zero-order valence-corrected chi connectivity index (χ0v) is 26.5. The summed E-state index contributed by atoms with van der Waals surface area (Å²) in [5, 5.41) is 9.87. The zero-order valence-electron chi connectivity index (χ0n) is 24.1. The van der Waals surface area contributed by atoms with E-state index in [0.29, 0.717) is 19.5 Å². The van der Waals surface area contributed by atoms with Crippen LogP contribution < -0.4 is 4.90 Å². The van der Waals surface area contributed by atoms with Crippen LogP contribution in [-0.4, -0.2) is 79.7 Å². The molecule has 0 aliphatic carbocycles. The van der Waals surface area contributed by atoms with Crippen molar-refractivity contribution in [2.45, 2.75) is 47.7 Å². The van der Waals surface area contributed by atoms with Gasteiger partial charge in [-0.15, -0.1) is 24.9 Å². The Balaban J connectivity index is 1.55. The molecule has 3 fully saturated rings. The Bertz CT molecular complexity index is 1390. The van der Waals surface area contributed by atoms with E-state index in [4.69, 9.17) is 0 Å². The molecule has 1 N–H and O–H groups in total. The van der Waals surface area contributed by atoms with Gasteiger partial charge in [0.15, 0.2) is 0 Å². The molecule has 222 valence electrons. The third-order valence-electron chi connectivity index (χ3n) is 8.76. The molecule has 0 saturated carbocycles. The van der Waals surface area contributed by atoms with Gasteiger partial charge < -0.3 is 19.8 Å². The number of aliphatic hydroxyl groups is 1. The average Bonchev–Trinajstić information content (AvgIpc) is 3.56. The predicted molar refractivity (Wildman–Crippen MR) is 172 cm³/mol. The Morgan fingerprint density at radius 1 is 1.12 bits per heavy atom. The van der Waals surface area contributed by atoms with Gasteiger partial charge in [0, 0.05) is 41.9 Å². The fourth-order valence-electron chi connectivity index (χ4n) is 7.04. The first-order chi connectivity index (χ1) is 20.2. The molecule has 3 amide bonds. The van der Waals surface area contributed by atoms with E-state index in [0.717, 1.165) is 22.4 Å². The number of carbonyl (C=O) groups is 3. The van der Waals surface area contributed by atoms with Crippen LogP contribution in [0.4, 0.5) is 5.69 Å². The molecular formula is C33H38BrN3O4S. The van der Waals surface area contributed by atoms with Gasteiger partial charge in [0.05, 0.1) is 23.2 Å². The molecule has 2 aromatic carbocycles. The Morgan fingerprint density at radius 3 is 2.50 bits per heavy atom. The minimum absolute atomic E-state index is 0.0295. The highest BCUT2D eigenvalue weighted by Gasteiger charge is 2.76. The molecule has 5 rings (SSSR count). The number of rotatable bonds is 11. The second-order valence-electron chi connectivity index (χ2n) is 11.4. The van der Waals surface area contributed by atoms with Crippen molar-refractivity contribution in [1.82, 2.24) is 9.80 Å². The van der Waals surface area contributed by atoms with E-state index in [-0.39, 0.29) is 47.5 Å². The second-order valence-corrected chi connectivity index (χ2v) is 14.2. The molecule has 3 saturated heterocycles. The number of amides is 3. The van der Waals surface area contributed by atoms with Crippen LogP contribution in [0.5, 0.6) is 0 Å². The number of alkyl halides is 1. The molecule has 3 aliphatic heterocycles. The van der Waals surface area contributed by atoms with E-state index in [1.54, 1.807) is 33.7 Å². The number of halogens is 1. The number of aryl methyl sites for hydroxylation is 2. The third-order valence-corrected chi connectivity index (χ3v) is 12.0. The summed E-state index contributed by atoms with van der Waals surface area (Å²) in [6, 6.07) is 14.9. The molecular weight excluding hydrogens is 614 g/mol. The first kappa shape index (κ1) is 30.6. The zero-order chi connectivity index (χ0) is 30.2. The number of likely N-dealkylation sites (tertiary alicyclic amines) is 1. The quantitative estimate of drug-likeness (QED) is 0.286. The van der Waals surface area contributed by atoms with Crippen molar-refractivity contribution in [3.05, 3.63) is 90.5 Å². The van der Waals surface area contributed by atoms with Crippen molar-refractivity contribution < 1.29 is 19.5 Å². The van der Waals surface area contributed by atoms with Crippen molar-refractivity contribution in [2.75, 3.05) is 31.1 Å². The first-order valence-corrected chi connectivity index (χ1v) is 16.1. The molecule has 3 heterocycles. The SMILES string of the molecule is C=CCN(Cc1ccccc1)C(=O)[C@H]1[C@@H]2SC3(CC2Br)C(C(=O)N(CC=C)c2cc(C)ccc2C)N(CCO)C(=O)[C@H]13. The van der Waals surface area contributed by atoms with Gasteiger partial charge in [0.2, 0.25) is 11.8 Å². The fourth-order valence-corrected chi connectivity index (χ4v) is 10.6. The summed E-state index contributed by atoms with van der Waals surface area (Å²) in [6.07, 6.45) is 3.98. The maximum absolute atomic E-state index is 14.7.